The first-order chi connectivity index (χ1) is 9.92. The van der Waals surface area contributed by atoms with Crippen LogP contribution in [0.4, 0.5) is 0 Å². The summed E-state index contributed by atoms with van der Waals surface area (Å²) in [5.41, 5.74) is 5.71. The molecule has 0 fully saturated rings. The summed E-state index contributed by atoms with van der Waals surface area (Å²) >= 11 is 0. The van der Waals surface area contributed by atoms with E-state index in [4.69, 9.17) is 15.2 Å². The van der Waals surface area contributed by atoms with Gasteiger partial charge in [0.25, 0.3) is 0 Å². The largest absolute Gasteiger partial charge is 0.465 e. The van der Waals surface area contributed by atoms with E-state index in [1.165, 1.54) is 4.90 Å². The monoisotopic (exact) mass is 302 g/mol. The second kappa shape index (κ2) is 11.5. The molecule has 0 rings (SSSR count). The quantitative estimate of drug-likeness (QED) is 0.580. The molecule has 0 heterocycles. The third-order valence-electron chi connectivity index (χ3n) is 3.22. The Balaban J connectivity index is 4.43. The van der Waals surface area contributed by atoms with Crippen molar-refractivity contribution in [1.82, 2.24) is 4.90 Å². The Hall–Kier alpha value is -1.14. The van der Waals surface area contributed by atoms with Crippen molar-refractivity contribution >= 4 is 11.9 Å². The molecule has 2 unspecified atom stereocenters. The van der Waals surface area contributed by atoms with Gasteiger partial charge in [-0.2, -0.15) is 0 Å². The van der Waals surface area contributed by atoms with Crippen LogP contribution in [0.3, 0.4) is 0 Å². The highest BCUT2D eigenvalue weighted by Gasteiger charge is 2.22. The Bertz CT molecular complexity index is 308. The van der Waals surface area contributed by atoms with Crippen molar-refractivity contribution in [2.75, 3.05) is 33.4 Å². The molecular formula is C15H30N2O4. The van der Waals surface area contributed by atoms with Crippen LogP contribution in [0.2, 0.25) is 0 Å². The minimum absolute atomic E-state index is 0.0202. The highest BCUT2D eigenvalue weighted by molar-refractivity contribution is 5.83. The fourth-order valence-electron chi connectivity index (χ4n) is 2.01. The van der Waals surface area contributed by atoms with Gasteiger partial charge in [0.05, 0.1) is 13.2 Å². The van der Waals surface area contributed by atoms with Gasteiger partial charge < -0.3 is 20.1 Å². The van der Waals surface area contributed by atoms with Crippen LogP contribution in [0, 0.1) is 5.92 Å². The van der Waals surface area contributed by atoms with Crippen molar-refractivity contribution in [1.29, 1.82) is 0 Å². The molecule has 0 aromatic rings. The van der Waals surface area contributed by atoms with Gasteiger partial charge in [-0.25, -0.2) is 0 Å². The first kappa shape index (κ1) is 19.9. The average molecular weight is 302 g/mol. The van der Waals surface area contributed by atoms with Crippen LogP contribution in [-0.4, -0.2) is 56.2 Å². The second-order valence-corrected chi connectivity index (χ2v) is 5.37. The fraction of sp³-hybridized carbons (Fsp3) is 0.867. The lowest BCUT2D eigenvalue weighted by molar-refractivity contribution is -0.150. The third-order valence-corrected chi connectivity index (χ3v) is 3.22. The number of hydrogen-bond acceptors (Lipinski definition) is 5. The molecule has 2 N–H and O–H groups in total. The predicted molar refractivity (Wildman–Crippen MR) is 81.8 cm³/mol. The zero-order valence-electron chi connectivity index (χ0n) is 13.8. The number of hydrogen-bond donors (Lipinski definition) is 1. The number of nitrogens with zero attached hydrogens (tertiary/aromatic N) is 1. The van der Waals surface area contributed by atoms with Gasteiger partial charge in [-0.05, 0) is 26.7 Å². The van der Waals surface area contributed by atoms with E-state index in [9.17, 15) is 9.59 Å². The molecule has 6 nitrogen and oxygen atoms in total. The number of carbonyl (C=O) groups excluding carboxylic acids is 2. The molecule has 21 heavy (non-hydrogen) atoms. The first-order valence-electron chi connectivity index (χ1n) is 7.61. The number of ether oxygens (including phenoxy) is 2. The lowest BCUT2D eigenvalue weighted by atomic mass is 10.0. The van der Waals surface area contributed by atoms with Gasteiger partial charge in [-0.15, -0.1) is 0 Å². The standard InChI is InChI=1S/C15H30N2O4/c1-5-21-14(18)11-17(9-10-20-4)15(19)12(2)7-6-8-13(3)16/h12-13H,5-11,16H2,1-4H3. The van der Waals surface area contributed by atoms with Crippen molar-refractivity contribution < 1.29 is 19.1 Å². The van der Waals surface area contributed by atoms with Gasteiger partial charge in [-0.1, -0.05) is 13.3 Å². The Labute approximate surface area is 127 Å². The highest BCUT2D eigenvalue weighted by Crippen LogP contribution is 2.12. The molecule has 0 aromatic heterocycles. The molecule has 6 heteroatoms. The third kappa shape index (κ3) is 9.42. The Kier molecular flexibility index (Phi) is 10.9. The number of methoxy groups -OCH3 is 1. The van der Waals surface area contributed by atoms with Crippen molar-refractivity contribution in [2.24, 2.45) is 11.7 Å². The molecule has 0 saturated heterocycles. The fourth-order valence-corrected chi connectivity index (χ4v) is 2.01. The van der Waals surface area contributed by atoms with Crippen LogP contribution < -0.4 is 5.73 Å². The lowest BCUT2D eigenvalue weighted by Gasteiger charge is -2.24. The smallest absolute Gasteiger partial charge is 0.325 e. The van der Waals surface area contributed by atoms with Crippen LogP contribution >= 0.6 is 0 Å². The summed E-state index contributed by atoms with van der Waals surface area (Å²) in [6.07, 6.45) is 2.57. The molecule has 0 aliphatic rings. The van der Waals surface area contributed by atoms with Crippen molar-refractivity contribution in [3.63, 3.8) is 0 Å². The normalized spacial score (nSPS) is 13.6. The number of nitrogens with two attached hydrogens (primary N) is 1. The highest BCUT2D eigenvalue weighted by atomic mass is 16.5. The van der Waals surface area contributed by atoms with Gasteiger partial charge in [0.1, 0.15) is 6.54 Å². The number of esters is 1. The van der Waals surface area contributed by atoms with E-state index in [2.05, 4.69) is 0 Å². The summed E-state index contributed by atoms with van der Waals surface area (Å²) in [5.74, 6) is -0.551. The molecule has 124 valence electrons. The SMILES string of the molecule is CCOC(=O)CN(CCOC)C(=O)C(C)CCCC(C)N. The second-order valence-electron chi connectivity index (χ2n) is 5.37. The van der Waals surface area contributed by atoms with E-state index >= 15 is 0 Å². The summed E-state index contributed by atoms with van der Waals surface area (Å²) in [4.78, 5) is 25.5. The maximum Gasteiger partial charge on any atom is 0.325 e. The maximum absolute atomic E-state index is 12.4. The topological polar surface area (TPSA) is 81.9 Å². The number of rotatable bonds is 11. The summed E-state index contributed by atoms with van der Waals surface area (Å²) < 4.78 is 9.90. The molecule has 0 saturated carbocycles. The first-order valence-corrected chi connectivity index (χ1v) is 7.61. The molecular weight excluding hydrogens is 272 g/mol. The Morgan fingerprint density at radius 2 is 1.90 bits per heavy atom. The van der Waals surface area contributed by atoms with E-state index < -0.39 is 0 Å². The van der Waals surface area contributed by atoms with Gasteiger partial charge in [0, 0.05) is 25.6 Å². The average Bonchev–Trinajstić information content (AvgIpc) is 2.42. The summed E-state index contributed by atoms with van der Waals surface area (Å²) in [6.45, 7) is 6.68. The van der Waals surface area contributed by atoms with Crippen LogP contribution in [0.5, 0.6) is 0 Å². The number of amides is 1. The molecule has 0 spiro atoms. The summed E-state index contributed by atoms with van der Waals surface area (Å²) in [7, 11) is 1.57. The van der Waals surface area contributed by atoms with E-state index in [0.717, 1.165) is 19.3 Å². The van der Waals surface area contributed by atoms with Crippen LogP contribution in [0.25, 0.3) is 0 Å². The van der Waals surface area contributed by atoms with Crippen molar-refractivity contribution in [2.45, 2.75) is 46.1 Å². The molecule has 0 aliphatic carbocycles. The summed E-state index contributed by atoms with van der Waals surface area (Å²) in [5, 5.41) is 0. The maximum atomic E-state index is 12.4. The molecule has 0 aromatic carbocycles. The van der Waals surface area contributed by atoms with Crippen LogP contribution in [0.15, 0.2) is 0 Å². The molecule has 0 bridgehead atoms. The Morgan fingerprint density at radius 1 is 1.24 bits per heavy atom. The minimum Gasteiger partial charge on any atom is -0.465 e. The minimum atomic E-state index is -0.385. The molecule has 0 aliphatic heterocycles. The van der Waals surface area contributed by atoms with E-state index in [-0.39, 0.29) is 30.4 Å². The predicted octanol–water partition coefficient (Wildman–Crippen LogP) is 1.18. The molecule has 1 amide bonds. The van der Waals surface area contributed by atoms with E-state index in [1.807, 2.05) is 13.8 Å². The van der Waals surface area contributed by atoms with Gasteiger partial charge in [-0.3, -0.25) is 9.59 Å². The zero-order chi connectivity index (χ0) is 16.3. The lowest BCUT2D eigenvalue weighted by Crippen LogP contribution is -2.41. The van der Waals surface area contributed by atoms with Gasteiger partial charge in [0.2, 0.25) is 5.91 Å². The van der Waals surface area contributed by atoms with E-state index in [1.54, 1.807) is 14.0 Å². The van der Waals surface area contributed by atoms with Crippen LogP contribution in [0.1, 0.15) is 40.0 Å². The molecule has 2 atom stereocenters. The van der Waals surface area contributed by atoms with Gasteiger partial charge >= 0.3 is 5.97 Å². The van der Waals surface area contributed by atoms with Gasteiger partial charge in [0.15, 0.2) is 0 Å². The zero-order valence-corrected chi connectivity index (χ0v) is 13.8. The summed E-state index contributed by atoms with van der Waals surface area (Å²) in [6, 6.07) is 0.149. The Morgan fingerprint density at radius 3 is 2.43 bits per heavy atom. The van der Waals surface area contributed by atoms with Crippen molar-refractivity contribution in [3.8, 4) is 0 Å². The van der Waals surface area contributed by atoms with Crippen molar-refractivity contribution in [3.05, 3.63) is 0 Å². The number of carbonyl (C=O) groups is 2. The van der Waals surface area contributed by atoms with Crippen LogP contribution in [-0.2, 0) is 19.1 Å². The van der Waals surface area contributed by atoms with E-state index in [0.29, 0.717) is 19.8 Å². The molecule has 0 radical (unpaired) electrons.